The second-order valence-electron chi connectivity index (χ2n) is 7.46. The lowest BCUT2D eigenvalue weighted by Crippen LogP contribution is -2.41. The molecule has 0 spiro atoms. The van der Waals surface area contributed by atoms with Crippen molar-refractivity contribution < 1.29 is 9.31 Å². The van der Waals surface area contributed by atoms with Gasteiger partial charge in [-0.05, 0) is 55.8 Å². The van der Waals surface area contributed by atoms with Gasteiger partial charge in [-0.25, -0.2) is 19.0 Å². The SMILES string of the molecule is Brc1cnn2cccnc12.C.C.CC1(C)OB(c2cnn3cccnc23)OC1(C)C. The summed E-state index contributed by atoms with van der Waals surface area (Å²) in [5, 5.41) is 8.28. The third-order valence-electron chi connectivity index (χ3n) is 5.05. The van der Waals surface area contributed by atoms with Crippen molar-refractivity contribution in [2.24, 2.45) is 0 Å². The molecule has 0 aromatic carbocycles. The van der Waals surface area contributed by atoms with E-state index >= 15 is 0 Å². The maximum atomic E-state index is 6.00. The van der Waals surface area contributed by atoms with Crippen molar-refractivity contribution >= 4 is 39.8 Å². The predicted molar refractivity (Wildman–Crippen MR) is 123 cm³/mol. The smallest absolute Gasteiger partial charge is 0.399 e. The molecule has 160 valence electrons. The molecular formula is C20H28BBrN6O2. The zero-order valence-electron chi connectivity index (χ0n) is 16.1. The van der Waals surface area contributed by atoms with Gasteiger partial charge in [-0.2, -0.15) is 10.2 Å². The van der Waals surface area contributed by atoms with Gasteiger partial charge >= 0.3 is 7.12 Å². The summed E-state index contributed by atoms with van der Waals surface area (Å²) in [6.07, 6.45) is 10.7. The second-order valence-corrected chi connectivity index (χ2v) is 8.31. The van der Waals surface area contributed by atoms with Gasteiger partial charge in [0.05, 0.1) is 28.1 Å². The van der Waals surface area contributed by atoms with E-state index in [1.165, 1.54) is 0 Å². The Morgan fingerprint density at radius 1 is 0.833 bits per heavy atom. The first kappa shape index (κ1) is 24.0. The van der Waals surface area contributed by atoms with E-state index in [1.54, 1.807) is 33.8 Å². The predicted octanol–water partition coefficient (Wildman–Crippen LogP) is 3.79. The molecule has 0 unspecified atom stereocenters. The van der Waals surface area contributed by atoms with Crippen LogP contribution in [0.15, 0.2) is 53.8 Å². The van der Waals surface area contributed by atoms with Gasteiger partial charge in [-0.3, -0.25) is 0 Å². The molecule has 0 saturated carbocycles. The van der Waals surface area contributed by atoms with Crippen molar-refractivity contribution in [2.75, 3.05) is 0 Å². The molecule has 1 aliphatic rings. The minimum atomic E-state index is -0.414. The van der Waals surface area contributed by atoms with Crippen LogP contribution in [0.5, 0.6) is 0 Å². The summed E-state index contributed by atoms with van der Waals surface area (Å²) in [5.74, 6) is 0. The van der Waals surface area contributed by atoms with E-state index in [1.807, 2.05) is 52.2 Å². The van der Waals surface area contributed by atoms with Gasteiger partial charge in [-0.15, -0.1) is 0 Å². The zero-order chi connectivity index (χ0) is 19.9. The minimum absolute atomic E-state index is 0. The van der Waals surface area contributed by atoms with Gasteiger partial charge in [0.25, 0.3) is 0 Å². The fourth-order valence-corrected chi connectivity index (χ4v) is 3.16. The molecule has 0 aliphatic carbocycles. The van der Waals surface area contributed by atoms with Gasteiger partial charge in [0, 0.05) is 30.3 Å². The molecule has 5 heterocycles. The zero-order valence-corrected chi connectivity index (χ0v) is 17.7. The molecule has 4 aromatic rings. The summed E-state index contributed by atoms with van der Waals surface area (Å²) >= 11 is 3.32. The Bertz CT molecular complexity index is 1110. The maximum absolute atomic E-state index is 6.00. The van der Waals surface area contributed by atoms with E-state index in [4.69, 9.17) is 9.31 Å². The van der Waals surface area contributed by atoms with Crippen molar-refractivity contribution in [1.82, 2.24) is 29.2 Å². The Labute approximate surface area is 185 Å². The number of hydrogen-bond acceptors (Lipinski definition) is 6. The van der Waals surface area contributed by atoms with Crippen LogP contribution in [0.4, 0.5) is 0 Å². The van der Waals surface area contributed by atoms with Crippen LogP contribution in [0.25, 0.3) is 11.3 Å². The summed E-state index contributed by atoms with van der Waals surface area (Å²) in [6.45, 7) is 8.14. The normalized spacial score (nSPS) is 16.5. The first-order chi connectivity index (χ1) is 13.3. The van der Waals surface area contributed by atoms with Crippen LogP contribution in [0, 0.1) is 0 Å². The Morgan fingerprint density at radius 2 is 1.33 bits per heavy atom. The minimum Gasteiger partial charge on any atom is -0.399 e. The monoisotopic (exact) mass is 474 g/mol. The quantitative estimate of drug-likeness (QED) is 0.390. The number of hydrogen-bond donors (Lipinski definition) is 0. The lowest BCUT2D eigenvalue weighted by Gasteiger charge is -2.32. The van der Waals surface area contributed by atoms with E-state index in [9.17, 15) is 0 Å². The highest BCUT2D eigenvalue weighted by molar-refractivity contribution is 9.10. The molecule has 4 aromatic heterocycles. The van der Waals surface area contributed by atoms with Crippen molar-refractivity contribution in [3.05, 3.63) is 53.8 Å². The molecule has 0 amide bonds. The lowest BCUT2D eigenvalue weighted by molar-refractivity contribution is 0.00578. The molecule has 8 nitrogen and oxygen atoms in total. The maximum Gasteiger partial charge on any atom is 0.500 e. The molecule has 0 radical (unpaired) electrons. The Kier molecular flexibility index (Phi) is 7.06. The van der Waals surface area contributed by atoms with Gasteiger partial charge < -0.3 is 9.31 Å². The highest BCUT2D eigenvalue weighted by Crippen LogP contribution is 2.36. The third-order valence-corrected chi connectivity index (χ3v) is 5.61. The fraction of sp³-hybridized carbons (Fsp3) is 0.400. The van der Waals surface area contributed by atoms with Gasteiger partial charge in [-0.1, -0.05) is 14.9 Å². The van der Waals surface area contributed by atoms with Crippen molar-refractivity contribution in [2.45, 2.75) is 53.8 Å². The molecule has 5 rings (SSSR count). The summed E-state index contributed by atoms with van der Waals surface area (Å²) < 4.78 is 16.4. The lowest BCUT2D eigenvalue weighted by atomic mass is 9.81. The average Bonchev–Trinajstić information content (AvgIpc) is 3.31. The van der Waals surface area contributed by atoms with E-state index in [0.717, 1.165) is 21.2 Å². The molecular weight excluding hydrogens is 447 g/mol. The average molecular weight is 475 g/mol. The highest BCUT2D eigenvalue weighted by Gasteiger charge is 2.52. The van der Waals surface area contributed by atoms with Crippen molar-refractivity contribution in [1.29, 1.82) is 0 Å². The molecule has 1 aliphatic heterocycles. The van der Waals surface area contributed by atoms with E-state index < -0.39 is 7.12 Å². The van der Waals surface area contributed by atoms with E-state index in [0.29, 0.717) is 0 Å². The number of rotatable bonds is 1. The highest BCUT2D eigenvalue weighted by atomic mass is 79.9. The molecule has 1 saturated heterocycles. The van der Waals surface area contributed by atoms with Gasteiger partial charge in [0.15, 0.2) is 11.3 Å². The molecule has 10 heteroatoms. The molecule has 0 N–H and O–H groups in total. The van der Waals surface area contributed by atoms with Crippen LogP contribution < -0.4 is 5.46 Å². The third kappa shape index (κ3) is 4.26. The Morgan fingerprint density at radius 3 is 1.90 bits per heavy atom. The number of halogens is 1. The van der Waals surface area contributed by atoms with E-state index in [2.05, 4.69) is 36.1 Å². The van der Waals surface area contributed by atoms with Crippen LogP contribution in [-0.4, -0.2) is 47.5 Å². The summed E-state index contributed by atoms with van der Waals surface area (Å²) in [6, 6.07) is 3.68. The molecule has 30 heavy (non-hydrogen) atoms. The standard InChI is InChI=1S/C12H16BN3O2.C6H4BrN3.2CH4/c1-11(2)12(3,4)18-13(17-11)9-8-15-16-7-5-6-14-10(9)16;7-5-4-9-10-3-1-2-8-6(5)10;;/h5-8H,1-4H3;1-4H;2*1H4. The van der Waals surface area contributed by atoms with Crippen LogP contribution in [0.3, 0.4) is 0 Å². The Balaban J connectivity index is 0.000000229. The number of nitrogens with zero attached hydrogens (tertiary/aromatic N) is 6. The van der Waals surface area contributed by atoms with Crippen LogP contribution >= 0.6 is 15.9 Å². The van der Waals surface area contributed by atoms with Crippen LogP contribution in [-0.2, 0) is 9.31 Å². The summed E-state index contributed by atoms with van der Waals surface area (Å²) in [4.78, 5) is 8.42. The molecule has 0 atom stereocenters. The Hall–Kier alpha value is -2.30. The summed E-state index contributed by atoms with van der Waals surface area (Å²) in [7, 11) is -0.414. The summed E-state index contributed by atoms with van der Waals surface area (Å²) in [5.41, 5.74) is 1.80. The van der Waals surface area contributed by atoms with Gasteiger partial charge in [0.1, 0.15) is 0 Å². The second kappa shape index (κ2) is 8.83. The molecule has 1 fully saturated rings. The number of fused-ring (bicyclic) bond motifs is 2. The van der Waals surface area contributed by atoms with Crippen LogP contribution in [0.1, 0.15) is 42.5 Å². The number of aromatic nitrogens is 6. The van der Waals surface area contributed by atoms with E-state index in [-0.39, 0.29) is 26.1 Å². The topological polar surface area (TPSA) is 78.8 Å². The first-order valence-electron chi connectivity index (χ1n) is 8.86. The molecule has 0 bridgehead atoms. The van der Waals surface area contributed by atoms with Crippen molar-refractivity contribution in [3.8, 4) is 0 Å². The first-order valence-corrected chi connectivity index (χ1v) is 9.65. The van der Waals surface area contributed by atoms with Crippen LogP contribution in [0.2, 0.25) is 0 Å². The van der Waals surface area contributed by atoms with Gasteiger partial charge in [0.2, 0.25) is 0 Å². The fourth-order valence-electron chi connectivity index (χ4n) is 2.78. The van der Waals surface area contributed by atoms with Crippen molar-refractivity contribution in [3.63, 3.8) is 0 Å². The largest absolute Gasteiger partial charge is 0.500 e.